The van der Waals surface area contributed by atoms with Crippen LogP contribution < -0.4 is 10.6 Å². The van der Waals surface area contributed by atoms with Gasteiger partial charge >= 0.3 is 0 Å². The van der Waals surface area contributed by atoms with Gasteiger partial charge in [-0.1, -0.05) is 29.3 Å². The summed E-state index contributed by atoms with van der Waals surface area (Å²) in [6.07, 6.45) is 2.35. The Balaban J connectivity index is 1.71. The van der Waals surface area contributed by atoms with E-state index in [0.29, 0.717) is 23.0 Å². The Morgan fingerprint density at radius 2 is 2.20 bits per heavy atom. The van der Waals surface area contributed by atoms with Gasteiger partial charge in [-0.3, -0.25) is 4.79 Å². The van der Waals surface area contributed by atoms with Gasteiger partial charge in [-0.15, -0.1) is 11.3 Å². The number of benzene rings is 1. The van der Waals surface area contributed by atoms with E-state index < -0.39 is 0 Å². The maximum absolute atomic E-state index is 11.6. The van der Waals surface area contributed by atoms with Crippen molar-refractivity contribution in [2.24, 2.45) is 0 Å². The zero-order chi connectivity index (χ0) is 14.4. The van der Waals surface area contributed by atoms with Crippen LogP contribution in [0.1, 0.15) is 5.56 Å². The van der Waals surface area contributed by atoms with Crippen LogP contribution >= 0.6 is 34.5 Å². The lowest BCUT2D eigenvalue weighted by Gasteiger charge is -2.07. The van der Waals surface area contributed by atoms with E-state index in [1.165, 1.54) is 11.3 Å². The van der Waals surface area contributed by atoms with Crippen LogP contribution in [0, 0.1) is 0 Å². The standard InChI is InChI=1S/C13H13Cl2N3OS/c14-10-2-1-9(11(15)7-10)3-4-16-12(19)8-18-13-17-5-6-20-13/h1-2,5-7H,3-4,8H2,(H,16,19)(H,17,18). The predicted octanol–water partition coefficient (Wildman–Crippen LogP) is 3.22. The predicted molar refractivity (Wildman–Crippen MR) is 83.8 cm³/mol. The van der Waals surface area contributed by atoms with E-state index in [9.17, 15) is 4.79 Å². The number of hydrogen-bond acceptors (Lipinski definition) is 4. The summed E-state index contributed by atoms with van der Waals surface area (Å²) < 4.78 is 0. The van der Waals surface area contributed by atoms with Gasteiger partial charge in [-0.05, 0) is 24.1 Å². The normalized spacial score (nSPS) is 10.3. The van der Waals surface area contributed by atoms with Gasteiger partial charge < -0.3 is 10.6 Å². The molecule has 0 aliphatic rings. The van der Waals surface area contributed by atoms with Gasteiger partial charge in [0.05, 0.1) is 6.54 Å². The first-order chi connectivity index (χ1) is 9.65. The Hall–Kier alpha value is -1.30. The summed E-state index contributed by atoms with van der Waals surface area (Å²) in [6.45, 7) is 0.738. The quantitative estimate of drug-likeness (QED) is 0.855. The SMILES string of the molecule is O=C(CNc1nccs1)NCCc1ccc(Cl)cc1Cl. The molecular formula is C13H13Cl2N3OS. The van der Waals surface area contributed by atoms with Crippen LogP contribution in [0.2, 0.25) is 10.0 Å². The molecule has 0 unspecified atom stereocenters. The van der Waals surface area contributed by atoms with Gasteiger partial charge in [0.25, 0.3) is 0 Å². The van der Waals surface area contributed by atoms with Crippen molar-refractivity contribution >= 4 is 45.6 Å². The molecule has 1 amide bonds. The number of nitrogens with one attached hydrogen (secondary N) is 2. The topological polar surface area (TPSA) is 54.0 Å². The zero-order valence-corrected chi connectivity index (χ0v) is 12.9. The Morgan fingerprint density at radius 3 is 2.90 bits per heavy atom. The number of carbonyl (C=O) groups is 1. The fourth-order valence-corrected chi connectivity index (χ4v) is 2.62. The van der Waals surface area contributed by atoms with E-state index in [1.807, 2.05) is 11.4 Å². The minimum absolute atomic E-state index is 0.0784. The van der Waals surface area contributed by atoms with Crippen molar-refractivity contribution in [2.45, 2.75) is 6.42 Å². The molecule has 0 fully saturated rings. The first kappa shape index (κ1) is 15.1. The summed E-state index contributed by atoms with van der Waals surface area (Å²) in [5.74, 6) is -0.0784. The first-order valence-electron chi connectivity index (χ1n) is 5.99. The van der Waals surface area contributed by atoms with Crippen LogP contribution in [-0.4, -0.2) is 24.0 Å². The zero-order valence-electron chi connectivity index (χ0n) is 10.5. The molecule has 106 valence electrons. The molecule has 0 aliphatic heterocycles. The highest BCUT2D eigenvalue weighted by atomic mass is 35.5. The van der Waals surface area contributed by atoms with E-state index >= 15 is 0 Å². The second-order valence-electron chi connectivity index (χ2n) is 4.03. The average Bonchev–Trinajstić information content (AvgIpc) is 2.92. The highest BCUT2D eigenvalue weighted by molar-refractivity contribution is 7.13. The Bertz CT molecular complexity index is 575. The molecule has 2 rings (SSSR count). The average molecular weight is 330 g/mol. The lowest BCUT2D eigenvalue weighted by Crippen LogP contribution is -2.31. The lowest BCUT2D eigenvalue weighted by molar-refractivity contribution is -0.119. The van der Waals surface area contributed by atoms with Gasteiger partial charge in [0.15, 0.2) is 5.13 Å². The van der Waals surface area contributed by atoms with Gasteiger partial charge in [0, 0.05) is 28.2 Å². The highest BCUT2D eigenvalue weighted by Crippen LogP contribution is 2.21. The van der Waals surface area contributed by atoms with E-state index in [2.05, 4.69) is 15.6 Å². The van der Waals surface area contributed by atoms with E-state index in [0.717, 1.165) is 10.7 Å². The van der Waals surface area contributed by atoms with Gasteiger partial charge in [-0.25, -0.2) is 4.98 Å². The molecule has 0 spiro atoms. The van der Waals surface area contributed by atoms with Crippen molar-refractivity contribution in [1.82, 2.24) is 10.3 Å². The Labute approximate surface area is 131 Å². The number of halogens is 2. The van der Waals surface area contributed by atoms with Crippen molar-refractivity contribution in [2.75, 3.05) is 18.4 Å². The second-order valence-corrected chi connectivity index (χ2v) is 5.76. The van der Waals surface area contributed by atoms with Crippen LogP contribution in [0.3, 0.4) is 0 Å². The molecule has 0 aliphatic carbocycles. The summed E-state index contributed by atoms with van der Waals surface area (Å²) in [6, 6.07) is 5.35. The van der Waals surface area contributed by atoms with Crippen LogP contribution in [0.4, 0.5) is 5.13 Å². The molecule has 2 aromatic rings. The van der Waals surface area contributed by atoms with E-state index in [4.69, 9.17) is 23.2 Å². The molecular weight excluding hydrogens is 317 g/mol. The number of nitrogens with zero attached hydrogens (tertiary/aromatic N) is 1. The molecule has 0 saturated heterocycles. The van der Waals surface area contributed by atoms with Gasteiger partial charge in [-0.2, -0.15) is 0 Å². The number of carbonyl (C=O) groups excluding carboxylic acids is 1. The second kappa shape index (κ2) is 7.47. The summed E-state index contributed by atoms with van der Waals surface area (Å²) in [5, 5.41) is 9.57. The molecule has 1 heterocycles. The van der Waals surface area contributed by atoms with Crippen molar-refractivity contribution in [3.63, 3.8) is 0 Å². The highest BCUT2D eigenvalue weighted by Gasteiger charge is 2.04. The fourth-order valence-electron chi connectivity index (χ4n) is 1.59. The van der Waals surface area contributed by atoms with Crippen molar-refractivity contribution in [3.8, 4) is 0 Å². The molecule has 0 radical (unpaired) electrons. The smallest absolute Gasteiger partial charge is 0.239 e. The third kappa shape index (κ3) is 4.67. The molecule has 2 N–H and O–H groups in total. The summed E-state index contributed by atoms with van der Waals surface area (Å²) in [4.78, 5) is 15.7. The van der Waals surface area contributed by atoms with Crippen molar-refractivity contribution in [1.29, 1.82) is 0 Å². The minimum Gasteiger partial charge on any atom is -0.354 e. The van der Waals surface area contributed by atoms with E-state index in [-0.39, 0.29) is 12.5 Å². The Kier molecular flexibility index (Phi) is 5.64. The van der Waals surface area contributed by atoms with Crippen molar-refractivity contribution < 1.29 is 4.79 Å². The maximum atomic E-state index is 11.6. The molecule has 1 aromatic carbocycles. The number of hydrogen-bond donors (Lipinski definition) is 2. The fraction of sp³-hybridized carbons (Fsp3) is 0.231. The van der Waals surface area contributed by atoms with Crippen LogP contribution in [0.5, 0.6) is 0 Å². The number of amides is 1. The monoisotopic (exact) mass is 329 g/mol. The number of thiazole rings is 1. The number of anilines is 1. The van der Waals surface area contributed by atoms with Gasteiger partial charge in [0.2, 0.25) is 5.91 Å². The third-order valence-electron chi connectivity index (χ3n) is 2.56. The van der Waals surface area contributed by atoms with E-state index in [1.54, 1.807) is 18.3 Å². The van der Waals surface area contributed by atoms with Crippen LogP contribution in [0.25, 0.3) is 0 Å². The van der Waals surface area contributed by atoms with Crippen LogP contribution in [-0.2, 0) is 11.2 Å². The van der Waals surface area contributed by atoms with Crippen LogP contribution in [0.15, 0.2) is 29.8 Å². The molecule has 0 atom stereocenters. The maximum Gasteiger partial charge on any atom is 0.239 e. The molecule has 7 heteroatoms. The molecule has 20 heavy (non-hydrogen) atoms. The lowest BCUT2D eigenvalue weighted by atomic mass is 10.1. The number of rotatable bonds is 6. The Morgan fingerprint density at radius 1 is 1.35 bits per heavy atom. The number of aromatic nitrogens is 1. The molecule has 0 bridgehead atoms. The summed E-state index contributed by atoms with van der Waals surface area (Å²) in [7, 11) is 0. The van der Waals surface area contributed by atoms with Crippen molar-refractivity contribution in [3.05, 3.63) is 45.4 Å². The largest absolute Gasteiger partial charge is 0.354 e. The molecule has 4 nitrogen and oxygen atoms in total. The summed E-state index contributed by atoms with van der Waals surface area (Å²) in [5.41, 5.74) is 0.962. The summed E-state index contributed by atoms with van der Waals surface area (Å²) >= 11 is 13.3. The molecule has 0 saturated carbocycles. The minimum atomic E-state index is -0.0784. The third-order valence-corrected chi connectivity index (χ3v) is 3.88. The molecule has 1 aromatic heterocycles. The van der Waals surface area contributed by atoms with Gasteiger partial charge in [0.1, 0.15) is 0 Å². The first-order valence-corrected chi connectivity index (χ1v) is 7.62.